The Morgan fingerprint density at radius 1 is 1.09 bits per heavy atom. The topological polar surface area (TPSA) is 76.1 Å². The molecule has 2 atom stereocenters. The van der Waals surface area contributed by atoms with Crippen molar-refractivity contribution >= 4 is 15.7 Å². The van der Waals surface area contributed by atoms with Crippen LogP contribution in [0, 0.1) is 5.92 Å². The van der Waals surface area contributed by atoms with E-state index in [9.17, 15) is 13.2 Å². The van der Waals surface area contributed by atoms with Gasteiger partial charge in [-0.25, -0.2) is 8.42 Å². The average molecular weight is 330 g/mol. The Morgan fingerprint density at radius 2 is 1.74 bits per heavy atom. The molecule has 0 bridgehead atoms. The Morgan fingerprint density at radius 3 is 2.35 bits per heavy atom. The molecule has 1 aromatic heterocycles. The lowest BCUT2D eigenvalue weighted by Gasteiger charge is -2.21. The van der Waals surface area contributed by atoms with Crippen LogP contribution in [0.5, 0.6) is 0 Å². The van der Waals surface area contributed by atoms with Crippen molar-refractivity contribution in [2.45, 2.75) is 12.5 Å². The van der Waals surface area contributed by atoms with E-state index in [4.69, 9.17) is 0 Å². The summed E-state index contributed by atoms with van der Waals surface area (Å²) in [6.45, 7) is 0. The molecule has 1 amide bonds. The van der Waals surface area contributed by atoms with E-state index < -0.39 is 15.8 Å². The van der Waals surface area contributed by atoms with E-state index >= 15 is 0 Å². The predicted molar refractivity (Wildman–Crippen MR) is 87.4 cm³/mol. The molecule has 23 heavy (non-hydrogen) atoms. The zero-order valence-corrected chi connectivity index (χ0v) is 13.4. The van der Waals surface area contributed by atoms with Crippen molar-refractivity contribution in [1.29, 1.82) is 0 Å². The predicted octanol–water partition coefficient (Wildman–Crippen LogP) is 1.72. The third kappa shape index (κ3) is 3.76. The van der Waals surface area contributed by atoms with E-state index in [-0.39, 0.29) is 23.5 Å². The van der Waals surface area contributed by atoms with E-state index in [1.54, 1.807) is 12.4 Å². The zero-order valence-electron chi connectivity index (χ0n) is 12.6. The van der Waals surface area contributed by atoms with Crippen molar-refractivity contribution in [3.05, 3.63) is 66.0 Å². The third-order valence-corrected chi connectivity index (χ3v) is 5.83. The molecule has 0 spiro atoms. The van der Waals surface area contributed by atoms with Crippen molar-refractivity contribution in [2.24, 2.45) is 5.92 Å². The summed E-state index contributed by atoms with van der Waals surface area (Å²) < 4.78 is 23.2. The van der Waals surface area contributed by atoms with Crippen LogP contribution in [-0.4, -0.2) is 30.8 Å². The summed E-state index contributed by atoms with van der Waals surface area (Å²) in [4.78, 5) is 16.5. The van der Waals surface area contributed by atoms with Crippen LogP contribution in [0.15, 0.2) is 54.9 Å². The summed E-state index contributed by atoms with van der Waals surface area (Å²) >= 11 is 0. The van der Waals surface area contributed by atoms with Crippen LogP contribution in [0.25, 0.3) is 0 Å². The van der Waals surface area contributed by atoms with Crippen LogP contribution < -0.4 is 5.32 Å². The average Bonchev–Trinajstić information content (AvgIpc) is 2.94. The normalized spacial score (nSPS) is 20.8. The number of benzene rings is 1. The van der Waals surface area contributed by atoms with E-state index in [1.807, 2.05) is 42.5 Å². The lowest BCUT2D eigenvalue weighted by Crippen LogP contribution is -2.35. The van der Waals surface area contributed by atoms with Crippen molar-refractivity contribution in [2.75, 3.05) is 11.5 Å². The van der Waals surface area contributed by atoms with Gasteiger partial charge in [-0.05, 0) is 29.7 Å². The summed E-state index contributed by atoms with van der Waals surface area (Å²) in [5, 5.41) is 3.00. The fraction of sp³-hybridized carbons (Fsp3) is 0.294. The molecule has 2 heterocycles. The number of pyridine rings is 1. The van der Waals surface area contributed by atoms with Crippen molar-refractivity contribution in [1.82, 2.24) is 10.3 Å². The first kappa shape index (κ1) is 15.7. The quantitative estimate of drug-likeness (QED) is 0.926. The number of rotatable bonds is 4. The molecule has 6 heteroatoms. The van der Waals surface area contributed by atoms with E-state index in [1.165, 1.54) is 0 Å². The van der Waals surface area contributed by atoms with Crippen LogP contribution in [0.2, 0.25) is 0 Å². The highest BCUT2D eigenvalue weighted by atomic mass is 32.2. The number of sulfone groups is 1. The molecule has 2 aromatic rings. The summed E-state index contributed by atoms with van der Waals surface area (Å²) in [7, 11) is -3.08. The first-order valence-electron chi connectivity index (χ1n) is 7.51. The van der Waals surface area contributed by atoms with Gasteiger partial charge in [-0.3, -0.25) is 9.78 Å². The zero-order chi connectivity index (χ0) is 16.3. The first-order valence-corrected chi connectivity index (χ1v) is 9.33. The molecule has 1 fully saturated rings. The highest BCUT2D eigenvalue weighted by Crippen LogP contribution is 2.24. The lowest BCUT2D eigenvalue weighted by atomic mass is 9.98. The minimum Gasteiger partial charge on any atom is -0.345 e. The number of aromatic nitrogens is 1. The maximum atomic E-state index is 12.5. The number of nitrogens with zero attached hydrogens (tertiary/aromatic N) is 1. The summed E-state index contributed by atoms with van der Waals surface area (Å²) in [5.74, 6) is -0.641. The number of amides is 1. The minimum absolute atomic E-state index is 0.0588. The second-order valence-corrected chi connectivity index (χ2v) is 7.96. The van der Waals surface area contributed by atoms with Gasteiger partial charge in [-0.2, -0.15) is 0 Å². The molecule has 0 aliphatic carbocycles. The maximum absolute atomic E-state index is 12.5. The molecule has 120 valence electrons. The first-order chi connectivity index (χ1) is 11.1. The molecule has 5 nitrogen and oxygen atoms in total. The van der Waals surface area contributed by atoms with E-state index in [0.29, 0.717) is 6.42 Å². The Hall–Kier alpha value is -2.21. The summed E-state index contributed by atoms with van der Waals surface area (Å²) in [5.41, 5.74) is 1.87. The van der Waals surface area contributed by atoms with Crippen LogP contribution in [-0.2, 0) is 14.6 Å². The van der Waals surface area contributed by atoms with Gasteiger partial charge in [0.2, 0.25) is 5.91 Å². The van der Waals surface area contributed by atoms with Gasteiger partial charge >= 0.3 is 0 Å². The molecule has 3 rings (SSSR count). The van der Waals surface area contributed by atoms with Gasteiger partial charge in [0.15, 0.2) is 9.84 Å². The number of nitrogens with one attached hydrogen (secondary N) is 1. The van der Waals surface area contributed by atoms with Gasteiger partial charge in [0.25, 0.3) is 0 Å². The Balaban J connectivity index is 1.84. The second-order valence-electron chi connectivity index (χ2n) is 5.73. The lowest BCUT2D eigenvalue weighted by molar-refractivity contribution is -0.124. The highest BCUT2D eigenvalue weighted by molar-refractivity contribution is 7.91. The molecule has 1 aliphatic heterocycles. The largest absolute Gasteiger partial charge is 0.345 e. The minimum atomic E-state index is -3.08. The van der Waals surface area contributed by atoms with Gasteiger partial charge < -0.3 is 5.32 Å². The SMILES string of the molecule is O=C(N[C@@H](c1ccccc1)c1ccncc1)[C@@H]1CCS(=O)(=O)C1. The molecule has 0 saturated carbocycles. The van der Waals surface area contributed by atoms with Crippen molar-refractivity contribution in [3.8, 4) is 0 Å². The Labute approximate surface area is 135 Å². The van der Waals surface area contributed by atoms with Gasteiger partial charge in [-0.15, -0.1) is 0 Å². The smallest absolute Gasteiger partial charge is 0.224 e. The van der Waals surface area contributed by atoms with Crippen LogP contribution >= 0.6 is 0 Å². The van der Waals surface area contributed by atoms with Crippen LogP contribution in [0.1, 0.15) is 23.6 Å². The highest BCUT2D eigenvalue weighted by Gasteiger charge is 2.34. The van der Waals surface area contributed by atoms with Gasteiger partial charge in [0, 0.05) is 12.4 Å². The molecule has 0 radical (unpaired) electrons. The van der Waals surface area contributed by atoms with Crippen molar-refractivity contribution < 1.29 is 13.2 Å². The van der Waals surface area contributed by atoms with Gasteiger partial charge in [-0.1, -0.05) is 30.3 Å². The summed E-state index contributed by atoms with van der Waals surface area (Å²) in [6, 6.07) is 13.0. The second kappa shape index (κ2) is 6.50. The van der Waals surface area contributed by atoms with Crippen LogP contribution in [0.3, 0.4) is 0 Å². The molecule has 0 unspecified atom stereocenters. The molecule has 1 saturated heterocycles. The van der Waals surface area contributed by atoms with Crippen LogP contribution in [0.4, 0.5) is 0 Å². The van der Waals surface area contributed by atoms with Crippen molar-refractivity contribution in [3.63, 3.8) is 0 Å². The Bertz CT molecular complexity index is 737. The third-order valence-electron chi connectivity index (χ3n) is 4.06. The fourth-order valence-electron chi connectivity index (χ4n) is 2.82. The van der Waals surface area contributed by atoms with E-state index in [0.717, 1.165) is 11.1 Å². The van der Waals surface area contributed by atoms with Gasteiger partial charge in [0.1, 0.15) is 0 Å². The molecular formula is C17H18N2O3S. The molecule has 1 aliphatic rings. The number of carbonyl (C=O) groups is 1. The molecule has 1 aromatic carbocycles. The summed E-state index contributed by atoms with van der Waals surface area (Å²) in [6.07, 6.45) is 3.75. The standard InChI is InChI=1S/C17H18N2O3S/c20-17(15-8-11-23(21,22)12-15)19-16(13-4-2-1-3-5-13)14-6-9-18-10-7-14/h1-7,9-10,15-16H,8,11-12H2,(H,19,20)/t15-,16+/m1/s1. The maximum Gasteiger partial charge on any atom is 0.224 e. The molecule has 1 N–H and O–H groups in total. The fourth-order valence-corrected chi connectivity index (χ4v) is 4.56. The molecular weight excluding hydrogens is 312 g/mol. The number of hydrogen-bond donors (Lipinski definition) is 1. The van der Waals surface area contributed by atoms with E-state index in [2.05, 4.69) is 10.3 Å². The number of carbonyl (C=O) groups excluding carboxylic acids is 1. The Kier molecular flexibility index (Phi) is 4.43. The monoisotopic (exact) mass is 330 g/mol. The number of hydrogen-bond acceptors (Lipinski definition) is 4. The van der Waals surface area contributed by atoms with Gasteiger partial charge in [0.05, 0.1) is 23.5 Å².